The summed E-state index contributed by atoms with van der Waals surface area (Å²) in [6, 6.07) is 7.31. The van der Waals surface area contributed by atoms with Gasteiger partial charge in [-0.05, 0) is 38.0 Å². The molecule has 1 atom stereocenters. The minimum atomic E-state index is -0.218. The molecule has 1 aliphatic rings. The fraction of sp³-hybridized carbons (Fsp3) is 0.467. The van der Waals surface area contributed by atoms with Crippen molar-refractivity contribution in [1.82, 2.24) is 5.32 Å². The van der Waals surface area contributed by atoms with E-state index >= 15 is 0 Å². The number of hydrogen-bond donors (Lipinski definition) is 2. The van der Waals surface area contributed by atoms with Gasteiger partial charge >= 0.3 is 6.03 Å². The first-order chi connectivity index (χ1) is 9.60. The predicted octanol–water partition coefficient (Wildman–Crippen LogP) is 2.73. The van der Waals surface area contributed by atoms with E-state index in [0.29, 0.717) is 12.1 Å². The number of nitrogens with one attached hydrogen (secondary N) is 2. The molecule has 1 aliphatic heterocycles. The fourth-order valence-electron chi connectivity index (χ4n) is 2.17. The van der Waals surface area contributed by atoms with Gasteiger partial charge in [0.25, 0.3) is 0 Å². The van der Waals surface area contributed by atoms with Crippen molar-refractivity contribution in [2.45, 2.75) is 39.2 Å². The molecule has 1 heterocycles. The Morgan fingerprint density at radius 3 is 2.90 bits per heavy atom. The van der Waals surface area contributed by atoms with E-state index in [1.807, 2.05) is 38.1 Å². The summed E-state index contributed by atoms with van der Waals surface area (Å²) < 4.78 is 0. The number of amides is 3. The molecule has 5 heteroatoms. The van der Waals surface area contributed by atoms with Gasteiger partial charge in [0.2, 0.25) is 5.91 Å². The van der Waals surface area contributed by atoms with Crippen LogP contribution < -0.4 is 15.5 Å². The molecule has 5 nitrogen and oxygen atoms in total. The maximum absolute atomic E-state index is 11.8. The fourth-order valence-corrected chi connectivity index (χ4v) is 2.17. The zero-order chi connectivity index (χ0) is 14.5. The van der Waals surface area contributed by atoms with Gasteiger partial charge in [-0.15, -0.1) is 0 Å². The Hall–Kier alpha value is -2.04. The maximum Gasteiger partial charge on any atom is 0.319 e. The standard InChI is InChI=1S/C15H21N3O2/c1-3-11(2)16-15(20)17-12-6-4-7-13(10-12)18-9-5-8-14(18)19/h4,6-7,10-11H,3,5,8-9H2,1-2H3,(H2,16,17,20). The number of benzene rings is 1. The summed E-state index contributed by atoms with van der Waals surface area (Å²) in [5.74, 6) is 0.145. The van der Waals surface area contributed by atoms with Crippen LogP contribution in [0.2, 0.25) is 0 Å². The second kappa shape index (κ2) is 6.41. The van der Waals surface area contributed by atoms with Gasteiger partial charge in [0.1, 0.15) is 0 Å². The number of urea groups is 1. The lowest BCUT2D eigenvalue weighted by molar-refractivity contribution is -0.117. The number of carbonyl (C=O) groups excluding carboxylic acids is 2. The van der Waals surface area contributed by atoms with Gasteiger partial charge < -0.3 is 15.5 Å². The van der Waals surface area contributed by atoms with Crippen LogP contribution in [0.1, 0.15) is 33.1 Å². The Labute approximate surface area is 119 Å². The Balaban J connectivity index is 2.02. The van der Waals surface area contributed by atoms with Crippen molar-refractivity contribution in [3.05, 3.63) is 24.3 Å². The Morgan fingerprint density at radius 2 is 2.25 bits per heavy atom. The van der Waals surface area contributed by atoms with Gasteiger partial charge in [0, 0.05) is 30.4 Å². The van der Waals surface area contributed by atoms with Crippen molar-refractivity contribution in [2.75, 3.05) is 16.8 Å². The summed E-state index contributed by atoms with van der Waals surface area (Å²) in [5.41, 5.74) is 1.54. The smallest absolute Gasteiger partial charge is 0.319 e. The molecule has 20 heavy (non-hydrogen) atoms. The molecule has 1 unspecified atom stereocenters. The van der Waals surface area contributed by atoms with E-state index in [2.05, 4.69) is 10.6 Å². The van der Waals surface area contributed by atoms with E-state index in [4.69, 9.17) is 0 Å². The molecule has 0 saturated carbocycles. The third-order valence-corrected chi connectivity index (χ3v) is 3.48. The zero-order valence-electron chi connectivity index (χ0n) is 12.0. The highest BCUT2D eigenvalue weighted by atomic mass is 16.2. The number of anilines is 2. The lowest BCUT2D eigenvalue weighted by Gasteiger charge is -2.17. The van der Waals surface area contributed by atoms with Crippen molar-refractivity contribution in [1.29, 1.82) is 0 Å². The molecule has 2 N–H and O–H groups in total. The van der Waals surface area contributed by atoms with Gasteiger partial charge in [-0.25, -0.2) is 4.79 Å². The molecule has 3 amide bonds. The molecule has 0 spiro atoms. The van der Waals surface area contributed by atoms with Crippen molar-refractivity contribution < 1.29 is 9.59 Å². The van der Waals surface area contributed by atoms with Crippen LogP contribution in [-0.2, 0) is 4.79 Å². The average Bonchev–Trinajstić information content (AvgIpc) is 2.85. The third kappa shape index (κ3) is 3.50. The second-order valence-corrected chi connectivity index (χ2v) is 5.11. The largest absolute Gasteiger partial charge is 0.335 e. The summed E-state index contributed by atoms with van der Waals surface area (Å²) in [7, 11) is 0. The molecule has 0 bridgehead atoms. The topological polar surface area (TPSA) is 61.4 Å². The summed E-state index contributed by atoms with van der Waals surface area (Å²) in [4.78, 5) is 25.3. The molecule has 0 aromatic heterocycles. The molecule has 0 aliphatic carbocycles. The maximum atomic E-state index is 11.8. The van der Waals surface area contributed by atoms with Crippen LogP contribution in [0.4, 0.5) is 16.2 Å². The van der Waals surface area contributed by atoms with Crippen molar-refractivity contribution >= 4 is 23.3 Å². The van der Waals surface area contributed by atoms with Crippen molar-refractivity contribution in [2.24, 2.45) is 0 Å². The zero-order valence-corrected chi connectivity index (χ0v) is 12.0. The lowest BCUT2D eigenvalue weighted by Crippen LogP contribution is -2.35. The SMILES string of the molecule is CCC(C)NC(=O)Nc1cccc(N2CCCC2=O)c1. The number of hydrogen-bond acceptors (Lipinski definition) is 2. The van der Waals surface area contributed by atoms with Gasteiger partial charge in [0.05, 0.1) is 0 Å². The Bertz CT molecular complexity index is 502. The highest BCUT2D eigenvalue weighted by molar-refractivity contribution is 5.96. The van der Waals surface area contributed by atoms with Crippen molar-refractivity contribution in [3.63, 3.8) is 0 Å². The Morgan fingerprint density at radius 1 is 1.45 bits per heavy atom. The first-order valence-corrected chi connectivity index (χ1v) is 7.08. The molecule has 108 valence electrons. The normalized spacial score (nSPS) is 16.1. The minimum Gasteiger partial charge on any atom is -0.335 e. The summed E-state index contributed by atoms with van der Waals surface area (Å²) in [6.07, 6.45) is 2.38. The third-order valence-electron chi connectivity index (χ3n) is 3.48. The van der Waals surface area contributed by atoms with Crippen LogP contribution in [0.3, 0.4) is 0 Å². The minimum absolute atomic E-state index is 0.137. The molecule has 0 radical (unpaired) electrons. The molecule has 1 aromatic carbocycles. The van der Waals surface area contributed by atoms with Gasteiger partial charge in [0.15, 0.2) is 0 Å². The quantitative estimate of drug-likeness (QED) is 0.887. The van der Waals surface area contributed by atoms with Crippen LogP contribution in [0.5, 0.6) is 0 Å². The van der Waals surface area contributed by atoms with Gasteiger partial charge in [-0.1, -0.05) is 13.0 Å². The van der Waals surface area contributed by atoms with Crippen LogP contribution >= 0.6 is 0 Å². The van der Waals surface area contributed by atoms with E-state index < -0.39 is 0 Å². The molecule has 1 fully saturated rings. The second-order valence-electron chi connectivity index (χ2n) is 5.11. The summed E-state index contributed by atoms with van der Waals surface area (Å²) in [6.45, 7) is 4.73. The molecule has 1 saturated heterocycles. The number of carbonyl (C=O) groups is 2. The number of rotatable bonds is 4. The Kier molecular flexibility index (Phi) is 4.61. The van der Waals surface area contributed by atoms with E-state index in [1.165, 1.54) is 0 Å². The molecular weight excluding hydrogens is 254 g/mol. The van der Waals surface area contributed by atoms with Crippen LogP contribution in [-0.4, -0.2) is 24.5 Å². The van der Waals surface area contributed by atoms with E-state index in [1.54, 1.807) is 4.90 Å². The number of nitrogens with zero attached hydrogens (tertiary/aromatic N) is 1. The highest BCUT2D eigenvalue weighted by Gasteiger charge is 2.21. The van der Waals surface area contributed by atoms with Gasteiger partial charge in [-0.3, -0.25) is 4.79 Å². The van der Waals surface area contributed by atoms with Crippen LogP contribution in [0, 0.1) is 0 Å². The summed E-state index contributed by atoms with van der Waals surface area (Å²) >= 11 is 0. The van der Waals surface area contributed by atoms with E-state index in [0.717, 1.165) is 25.1 Å². The lowest BCUT2D eigenvalue weighted by atomic mass is 10.2. The summed E-state index contributed by atoms with van der Waals surface area (Å²) in [5, 5.41) is 5.64. The van der Waals surface area contributed by atoms with E-state index in [9.17, 15) is 9.59 Å². The molecule has 2 rings (SSSR count). The average molecular weight is 275 g/mol. The first kappa shape index (κ1) is 14.4. The molecule has 1 aromatic rings. The van der Waals surface area contributed by atoms with E-state index in [-0.39, 0.29) is 18.0 Å². The van der Waals surface area contributed by atoms with Crippen LogP contribution in [0.15, 0.2) is 24.3 Å². The molecular formula is C15H21N3O2. The monoisotopic (exact) mass is 275 g/mol. The van der Waals surface area contributed by atoms with Crippen LogP contribution in [0.25, 0.3) is 0 Å². The first-order valence-electron chi connectivity index (χ1n) is 7.08. The van der Waals surface area contributed by atoms with Gasteiger partial charge in [-0.2, -0.15) is 0 Å². The predicted molar refractivity (Wildman–Crippen MR) is 79.9 cm³/mol. The highest BCUT2D eigenvalue weighted by Crippen LogP contribution is 2.24. The van der Waals surface area contributed by atoms with Crippen molar-refractivity contribution in [3.8, 4) is 0 Å².